The first-order chi connectivity index (χ1) is 9.13. The molecule has 0 fully saturated rings. The van der Waals surface area contributed by atoms with Gasteiger partial charge in [-0.15, -0.1) is 0 Å². The Bertz CT molecular complexity index is 564. The summed E-state index contributed by atoms with van der Waals surface area (Å²) in [6, 6.07) is 12.1. The van der Waals surface area contributed by atoms with Crippen LogP contribution in [0.5, 0.6) is 11.5 Å². The van der Waals surface area contributed by atoms with Gasteiger partial charge in [-0.1, -0.05) is 44.2 Å². The normalized spacial score (nSPS) is 10.8. The molecule has 0 aliphatic rings. The Morgan fingerprint density at radius 1 is 1.11 bits per heavy atom. The topological polar surface area (TPSA) is 29.5 Å². The third-order valence-corrected chi connectivity index (χ3v) is 2.97. The number of hydrogen-bond donors (Lipinski definition) is 1. The number of para-hydroxylation sites is 2. The van der Waals surface area contributed by atoms with E-state index >= 15 is 0 Å². The number of benzene rings is 2. The van der Waals surface area contributed by atoms with E-state index < -0.39 is 5.82 Å². The summed E-state index contributed by atoms with van der Waals surface area (Å²) >= 11 is 0. The Kier molecular flexibility index (Phi) is 4.17. The molecule has 2 rings (SSSR count). The highest BCUT2D eigenvalue weighted by Crippen LogP contribution is 2.33. The number of rotatable bonds is 4. The van der Waals surface area contributed by atoms with Gasteiger partial charge in [0.1, 0.15) is 5.75 Å². The average Bonchev–Trinajstić information content (AvgIpc) is 2.41. The van der Waals surface area contributed by atoms with Gasteiger partial charge in [-0.05, 0) is 23.6 Å². The smallest absolute Gasteiger partial charge is 0.168 e. The van der Waals surface area contributed by atoms with E-state index in [4.69, 9.17) is 4.74 Å². The lowest BCUT2D eigenvalue weighted by Crippen LogP contribution is -1.98. The molecular weight excluding hydrogens is 243 g/mol. The number of aliphatic hydroxyl groups excluding tert-OH is 1. The van der Waals surface area contributed by atoms with Gasteiger partial charge in [0.25, 0.3) is 0 Å². The van der Waals surface area contributed by atoms with Crippen molar-refractivity contribution in [3.8, 4) is 11.5 Å². The molecule has 3 heteroatoms. The molecular formula is C16H17FO2. The van der Waals surface area contributed by atoms with Crippen molar-refractivity contribution >= 4 is 0 Å². The monoisotopic (exact) mass is 260 g/mol. The quantitative estimate of drug-likeness (QED) is 0.891. The maximum atomic E-state index is 13.8. The summed E-state index contributed by atoms with van der Waals surface area (Å²) < 4.78 is 19.5. The van der Waals surface area contributed by atoms with E-state index in [1.54, 1.807) is 12.1 Å². The molecule has 0 bridgehead atoms. The highest BCUT2D eigenvalue weighted by molar-refractivity contribution is 5.43. The van der Waals surface area contributed by atoms with Crippen molar-refractivity contribution in [2.24, 2.45) is 0 Å². The zero-order valence-corrected chi connectivity index (χ0v) is 11.1. The number of aliphatic hydroxyl groups is 1. The van der Waals surface area contributed by atoms with Crippen molar-refractivity contribution in [2.75, 3.05) is 0 Å². The molecule has 0 radical (unpaired) electrons. The van der Waals surface area contributed by atoms with Crippen LogP contribution in [0.1, 0.15) is 30.9 Å². The average molecular weight is 260 g/mol. The largest absolute Gasteiger partial charge is 0.454 e. The fourth-order valence-electron chi connectivity index (χ4n) is 1.95. The Labute approximate surface area is 112 Å². The Hall–Kier alpha value is -1.87. The number of ether oxygens (including phenoxy) is 1. The molecule has 0 amide bonds. The molecule has 19 heavy (non-hydrogen) atoms. The molecule has 0 unspecified atom stereocenters. The Balaban J connectivity index is 2.42. The minimum Gasteiger partial charge on any atom is -0.454 e. The predicted octanol–water partition coefficient (Wildman–Crippen LogP) is 4.23. The second-order valence-electron chi connectivity index (χ2n) is 4.68. The third-order valence-electron chi connectivity index (χ3n) is 2.97. The Morgan fingerprint density at radius 2 is 1.84 bits per heavy atom. The van der Waals surface area contributed by atoms with Crippen LogP contribution in [-0.2, 0) is 6.61 Å². The van der Waals surface area contributed by atoms with E-state index in [1.165, 1.54) is 6.07 Å². The summed E-state index contributed by atoms with van der Waals surface area (Å²) in [5, 5.41) is 9.25. The van der Waals surface area contributed by atoms with Gasteiger partial charge < -0.3 is 9.84 Å². The van der Waals surface area contributed by atoms with Gasteiger partial charge >= 0.3 is 0 Å². The van der Waals surface area contributed by atoms with E-state index in [0.29, 0.717) is 11.3 Å². The first-order valence-electron chi connectivity index (χ1n) is 6.28. The fraction of sp³-hybridized carbons (Fsp3) is 0.250. The minimum absolute atomic E-state index is 0.0955. The first-order valence-corrected chi connectivity index (χ1v) is 6.28. The van der Waals surface area contributed by atoms with Crippen LogP contribution in [0.15, 0.2) is 42.5 Å². The summed E-state index contributed by atoms with van der Waals surface area (Å²) in [7, 11) is 0. The highest BCUT2D eigenvalue weighted by atomic mass is 19.1. The van der Waals surface area contributed by atoms with Crippen LogP contribution in [-0.4, -0.2) is 5.11 Å². The summed E-state index contributed by atoms with van der Waals surface area (Å²) in [4.78, 5) is 0. The third kappa shape index (κ3) is 2.93. The number of halogens is 1. The van der Waals surface area contributed by atoms with Crippen LogP contribution in [0, 0.1) is 5.82 Å². The summed E-state index contributed by atoms with van der Waals surface area (Å²) in [5.74, 6) is 0.529. The van der Waals surface area contributed by atoms with Gasteiger partial charge in [-0.3, -0.25) is 0 Å². The van der Waals surface area contributed by atoms with E-state index in [2.05, 4.69) is 13.8 Å². The fourth-order valence-corrected chi connectivity index (χ4v) is 1.95. The van der Waals surface area contributed by atoms with Crippen molar-refractivity contribution < 1.29 is 14.2 Å². The molecule has 2 nitrogen and oxygen atoms in total. The maximum Gasteiger partial charge on any atom is 0.168 e. The second kappa shape index (κ2) is 5.85. The molecule has 0 spiro atoms. The SMILES string of the molecule is CC(C)c1ccccc1Oc1c(F)cccc1CO. The van der Waals surface area contributed by atoms with Crippen LogP contribution < -0.4 is 4.74 Å². The molecule has 100 valence electrons. The predicted molar refractivity (Wildman–Crippen MR) is 72.9 cm³/mol. The van der Waals surface area contributed by atoms with Crippen molar-refractivity contribution in [3.05, 3.63) is 59.4 Å². The van der Waals surface area contributed by atoms with Gasteiger partial charge in [0.05, 0.1) is 6.61 Å². The molecule has 0 aliphatic carbocycles. The van der Waals surface area contributed by atoms with Crippen molar-refractivity contribution in [1.82, 2.24) is 0 Å². The lowest BCUT2D eigenvalue weighted by molar-refractivity contribution is 0.274. The second-order valence-corrected chi connectivity index (χ2v) is 4.68. The zero-order chi connectivity index (χ0) is 13.8. The van der Waals surface area contributed by atoms with Crippen molar-refractivity contribution in [3.63, 3.8) is 0 Å². The van der Waals surface area contributed by atoms with Gasteiger partial charge in [-0.2, -0.15) is 0 Å². The molecule has 0 aliphatic heterocycles. The first kappa shape index (κ1) is 13.6. The van der Waals surface area contributed by atoms with E-state index in [-0.39, 0.29) is 18.3 Å². The standard InChI is InChI=1S/C16H17FO2/c1-11(2)13-7-3-4-9-15(13)19-16-12(10-18)6-5-8-14(16)17/h3-9,11,18H,10H2,1-2H3. The minimum atomic E-state index is -0.467. The van der Waals surface area contributed by atoms with Crippen LogP contribution >= 0.6 is 0 Å². The summed E-state index contributed by atoms with van der Waals surface area (Å²) in [6.45, 7) is 3.85. The van der Waals surface area contributed by atoms with Crippen LogP contribution in [0.4, 0.5) is 4.39 Å². The maximum absolute atomic E-state index is 13.8. The van der Waals surface area contributed by atoms with Crippen LogP contribution in [0.2, 0.25) is 0 Å². The van der Waals surface area contributed by atoms with Crippen LogP contribution in [0.3, 0.4) is 0 Å². The van der Waals surface area contributed by atoms with E-state index in [9.17, 15) is 9.50 Å². The van der Waals surface area contributed by atoms with Gasteiger partial charge in [0, 0.05) is 5.56 Å². The molecule has 0 saturated carbocycles. The molecule has 0 saturated heterocycles. The highest BCUT2D eigenvalue weighted by Gasteiger charge is 2.13. The lowest BCUT2D eigenvalue weighted by Gasteiger charge is -2.15. The van der Waals surface area contributed by atoms with Gasteiger partial charge in [0.15, 0.2) is 11.6 Å². The summed E-state index contributed by atoms with van der Waals surface area (Å²) in [5.41, 5.74) is 1.45. The van der Waals surface area contributed by atoms with Gasteiger partial charge in [0.2, 0.25) is 0 Å². The van der Waals surface area contributed by atoms with Crippen molar-refractivity contribution in [1.29, 1.82) is 0 Å². The molecule has 2 aromatic rings. The molecule has 0 atom stereocenters. The lowest BCUT2D eigenvalue weighted by atomic mass is 10.0. The molecule has 0 heterocycles. The molecule has 0 aromatic heterocycles. The Morgan fingerprint density at radius 3 is 2.53 bits per heavy atom. The van der Waals surface area contributed by atoms with Crippen molar-refractivity contribution in [2.45, 2.75) is 26.4 Å². The van der Waals surface area contributed by atoms with E-state index in [0.717, 1.165) is 5.56 Å². The van der Waals surface area contributed by atoms with Gasteiger partial charge in [-0.25, -0.2) is 4.39 Å². The molecule has 1 N–H and O–H groups in total. The van der Waals surface area contributed by atoms with E-state index in [1.807, 2.05) is 24.3 Å². The summed E-state index contributed by atoms with van der Waals surface area (Å²) in [6.07, 6.45) is 0. The zero-order valence-electron chi connectivity index (χ0n) is 11.1. The number of hydrogen-bond acceptors (Lipinski definition) is 2. The molecule has 2 aromatic carbocycles. The van der Waals surface area contributed by atoms with Crippen LogP contribution in [0.25, 0.3) is 0 Å².